The maximum absolute atomic E-state index is 12.3. The lowest BCUT2D eigenvalue weighted by Gasteiger charge is -2.32. The molecule has 0 radical (unpaired) electrons. The molecule has 0 spiro atoms. The van der Waals surface area contributed by atoms with Crippen LogP contribution in [0.2, 0.25) is 0 Å². The zero-order valence-corrected chi connectivity index (χ0v) is 13.2. The van der Waals surface area contributed by atoms with E-state index in [1.54, 1.807) is 13.8 Å². The van der Waals surface area contributed by atoms with Crippen LogP contribution < -0.4 is 5.32 Å². The first kappa shape index (κ1) is 15.6. The number of ether oxygens (including phenoxy) is 1. The van der Waals surface area contributed by atoms with Crippen LogP contribution in [0.4, 0.5) is 0 Å². The minimum Gasteiger partial charge on any atom is -0.465 e. The van der Waals surface area contributed by atoms with Gasteiger partial charge < -0.3 is 9.84 Å². The Balaban J connectivity index is 2.02. The fraction of sp³-hybridized carbons (Fsp3) is 0.333. The van der Waals surface area contributed by atoms with Gasteiger partial charge in [0, 0.05) is 5.71 Å². The van der Waals surface area contributed by atoms with Crippen LogP contribution in [0.25, 0.3) is 10.8 Å². The van der Waals surface area contributed by atoms with E-state index in [0.29, 0.717) is 12.3 Å². The number of aliphatic hydroxyl groups is 1. The average molecular weight is 312 g/mol. The van der Waals surface area contributed by atoms with Gasteiger partial charge in [0.15, 0.2) is 0 Å². The minimum atomic E-state index is -1.02. The largest absolute Gasteiger partial charge is 0.465 e. The number of nitrogens with zero attached hydrogens (tertiary/aromatic N) is 1. The van der Waals surface area contributed by atoms with Gasteiger partial charge in [0.25, 0.3) is 0 Å². The molecule has 0 bridgehead atoms. The fourth-order valence-corrected chi connectivity index (χ4v) is 3.04. The first-order chi connectivity index (χ1) is 11.1. The lowest BCUT2D eigenvalue weighted by atomic mass is 9.87. The third kappa shape index (κ3) is 3.11. The molecule has 3 unspecified atom stereocenters. The Morgan fingerprint density at radius 1 is 1.26 bits per heavy atom. The molecule has 1 aliphatic heterocycles. The average Bonchev–Trinajstić information content (AvgIpc) is 2.53. The van der Waals surface area contributed by atoms with Crippen LogP contribution in [0.5, 0.6) is 0 Å². The highest BCUT2D eigenvalue weighted by molar-refractivity contribution is 6.02. The second-order valence-electron chi connectivity index (χ2n) is 5.62. The molecule has 0 fully saturated rings. The zero-order valence-electron chi connectivity index (χ0n) is 13.2. The molecule has 0 aromatic heterocycles. The van der Waals surface area contributed by atoms with Crippen LogP contribution >= 0.6 is 0 Å². The lowest BCUT2D eigenvalue weighted by molar-refractivity contribution is -0.147. The summed E-state index contributed by atoms with van der Waals surface area (Å²) in [5.74, 6) is -0.870. The lowest BCUT2D eigenvalue weighted by Crippen LogP contribution is -2.46. The van der Waals surface area contributed by atoms with Gasteiger partial charge in [0.1, 0.15) is 5.92 Å². The first-order valence-electron chi connectivity index (χ1n) is 7.74. The van der Waals surface area contributed by atoms with Crippen LogP contribution in [0, 0.1) is 5.92 Å². The SMILES string of the molecule is CCOC(=O)C1C(C)=NC(O)NC1c1ccc2ccccc2c1. The van der Waals surface area contributed by atoms with Crippen LogP contribution in [-0.4, -0.2) is 29.7 Å². The summed E-state index contributed by atoms with van der Waals surface area (Å²) in [6.07, 6.45) is -1.02. The molecule has 1 heterocycles. The highest BCUT2D eigenvalue weighted by Crippen LogP contribution is 2.30. The van der Waals surface area contributed by atoms with Crippen LogP contribution in [0.1, 0.15) is 25.5 Å². The number of esters is 1. The quantitative estimate of drug-likeness (QED) is 0.854. The summed E-state index contributed by atoms with van der Waals surface area (Å²) >= 11 is 0. The van der Waals surface area contributed by atoms with Crippen molar-refractivity contribution >= 4 is 22.5 Å². The molecule has 3 rings (SSSR count). The van der Waals surface area contributed by atoms with Crippen molar-refractivity contribution < 1.29 is 14.6 Å². The number of hydrogen-bond donors (Lipinski definition) is 2. The number of hydrogen-bond acceptors (Lipinski definition) is 5. The fourth-order valence-electron chi connectivity index (χ4n) is 3.04. The molecule has 0 saturated heterocycles. The Kier molecular flexibility index (Phi) is 4.41. The van der Waals surface area contributed by atoms with Crippen LogP contribution in [-0.2, 0) is 9.53 Å². The third-order valence-corrected chi connectivity index (χ3v) is 4.11. The molecular formula is C18H20N2O3. The van der Waals surface area contributed by atoms with Gasteiger partial charge >= 0.3 is 5.97 Å². The highest BCUT2D eigenvalue weighted by Gasteiger charge is 2.37. The molecule has 2 N–H and O–H groups in total. The molecule has 3 atom stereocenters. The summed E-state index contributed by atoms with van der Waals surface area (Å²) in [6, 6.07) is 13.7. The van der Waals surface area contributed by atoms with Gasteiger partial charge in [0.05, 0.1) is 12.6 Å². The van der Waals surface area contributed by atoms with E-state index in [1.165, 1.54) is 0 Å². The molecule has 1 aliphatic rings. The topological polar surface area (TPSA) is 70.9 Å². The molecular weight excluding hydrogens is 292 g/mol. The summed E-state index contributed by atoms with van der Waals surface area (Å²) in [4.78, 5) is 16.4. The standard InChI is InChI=1S/C18H20N2O3/c1-3-23-17(21)15-11(2)19-18(22)20-16(15)14-9-8-12-6-4-5-7-13(12)10-14/h4-10,15-16,18,20,22H,3H2,1-2H3. The molecule has 0 amide bonds. The van der Waals surface area contributed by atoms with Gasteiger partial charge in [-0.3, -0.25) is 10.1 Å². The maximum Gasteiger partial charge on any atom is 0.316 e. The van der Waals surface area contributed by atoms with Gasteiger partial charge in [-0.2, -0.15) is 0 Å². The van der Waals surface area contributed by atoms with Gasteiger partial charge in [0.2, 0.25) is 6.35 Å². The van der Waals surface area contributed by atoms with E-state index in [-0.39, 0.29) is 12.0 Å². The third-order valence-electron chi connectivity index (χ3n) is 4.11. The molecule has 5 heteroatoms. The predicted molar refractivity (Wildman–Crippen MR) is 89.1 cm³/mol. The van der Waals surface area contributed by atoms with E-state index in [9.17, 15) is 9.90 Å². The van der Waals surface area contributed by atoms with Gasteiger partial charge in [-0.15, -0.1) is 0 Å². The van der Waals surface area contributed by atoms with E-state index in [1.807, 2.05) is 42.5 Å². The van der Waals surface area contributed by atoms with Crippen molar-refractivity contribution in [2.45, 2.75) is 26.2 Å². The molecule has 0 saturated carbocycles. The first-order valence-corrected chi connectivity index (χ1v) is 7.74. The van der Waals surface area contributed by atoms with E-state index >= 15 is 0 Å². The van der Waals surface area contributed by atoms with Crippen molar-refractivity contribution in [3.8, 4) is 0 Å². The molecule has 2 aromatic carbocycles. The summed E-state index contributed by atoms with van der Waals surface area (Å²) in [7, 11) is 0. The number of aliphatic hydroxyl groups excluding tert-OH is 1. The van der Waals surface area contributed by atoms with Crippen LogP contribution in [0.3, 0.4) is 0 Å². The van der Waals surface area contributed by atoms with E-state index in [0.717, 1.165) is 16.3 Å². The number of carbonyl (C=O) groups is 1. The Morgan fingerprint density at radius 2 is 2.00 bits per heavy atom. The summed E-state index contributed by atoms with van der Waals surface area (Å²) in [5.41, 5.74) is 1.50. The summed E-state index contributed by atoms with van der Waals surface area (Å²) < 4.78 is 5.18. The van der Waals surface area contributed by atoms with E-state index in [2.05, 4.69) is 10.3 Å². The summed E-state index contributed by atoms with van der Waals surface area (Å²) in [6.45, 7) is 3.84. The maximum atomic E-state index is 12.3. The van der Waals surface area contributed by atoms with Crippen molar-refractivity contribution in [1.82, 2.24) is 5.32 Å². The number of aliphatic imine (C=N–C) groups is 1. The minimum absolute atomic E-state index is 0.315. The number of benzene rings is 2. The predicted octanol–water partition coefficient (Wildman–Crippen LogP) is 2.40. The second kappa shape index (κ2) is 6.48. The Hall–Kier alpha value is -2.24. The molecule has 23 heavy (non-hydrogen) atoms. The second-order valence-corrected chi connectivity index (χ2v) is 5.62. The number of nitrogens with one attached hydrogen (secondary N) is 1. The van der Waals surface area contributed by atoms with E-state index in [4.69, 9.17) is 4.74 Å². The van der Waals surface area contributed by atoms with Crippen molar-refractivity contribution in [2.24, 2.45) is 10.9 Å². The Bertz CT molecular complexity index is 757. The van der Waals surface area contributed by atoms with Crippen molar-refractivity contribution in [3.63, 3.8) is 0 Å². The van der Waals surface area contributed by atoms with Gasteiger partial charge in [-0.05, 0) is 36.2 Å². The summed E-state index contributed by atoms with van der Waals surface area (Å²) in [5, 5.41) is 15.1. The van der Waals surface area contributed by atoms with Crippen LogP contribution in [0.15, 0.2) is 47.5 Å². The monoisotopic (exact) mass is 312 g/mol. The Labute approximate surface area is 135 Å². The molecule has 0 aliphatic carbocycles. The Morgan fingerprint density at radius 3 is 2.74 bits per heavy atom. The number of carbonyl (C=O) groups excluding carboxylic acids is 1. The molecule has 120 valence electrons. The van der Waals surface area contributed by atoms with Gasteiger partial charge in [-0.1, -0.05) is 36.4 Å². The van der Waals surface area contributed by atoms with Crippen molar-refractivity contribution in [3.05, 3.63) is 48.0 Å². The number of rotatable bonds is 3. The van der Waals surface area contributed by atoms with Crippen molar-refractivity contribution in [2.75, 3.05) is 6.61 Å². The number of fused-ring (bicyclic) bond motifs is 1. The van der Waals surface area contributed by atoms with Crippen molar-refractivity contribution in [1.29, 1.82) is 0 Å². The van der Waals surface area contributed by atoms with E-state index < -0.39 is 12.3 Å². The zero-order chi connectivity index (χ0) is 16.4. The smallest absolute Gasteiger partial charge is 0.316 e. The normalized spacial score (nSPS) is 24.3. The molecule has 5 nitrogen and oxygen atoms in total. The van der Waals surface area contributed by atoms with Gasteiger partial charge in [-0.25, -0.2) is 4.99 Å². The molecule has 2 aromatic rings. The highest BCUT2D eigenvalue weighted by atomic mass is 16.5.